The maximum absolute atomic E-state index is 12.0. The summed E-state index contributed by atoms with van der Waals surface area (Å²) < 4.78 is 5.17. The van der Waals surface area contributed by atoms with Crippen molar-refractivity contribution in [3.05, 3.63) is 60.2 Å². The van der Waals surface area contributed by atoms with Crippen molar-refractivity contribution in [2.75, 3.05) is 19.0 Å². The van der Waals surface area contributed by atoms with E-state index < -0.39 is 12.1 Å². The largest absolute Gasteiger partial charge is 0.495 e. The number of amides is 2. The number of carbonyl (C=O) groups is 1. The van der Waals surface area contributed by atoms with E-state index in [0.717, 1.165) is 5.56 Å². The highest BCUT2D eigenvalue weighted by atomic mass is 16.5. The van der Waals surface area contributed by atoms with Crippen LogP contribution in [0.1, 0.15) is 11.6 Å². The summed E-state index contributed by atoms with van der Waals surface area (Å²) in [6.45, 7) is -0.177. The van der Waals surface area contributed by atoms with Gasteiger partial charge in [0.15, 0.2) is 0 Å². The third kappa shape index (κ3) is 3.97. The van der Waals surface area contributed by atoms with E-state index in [2.05, 4.69) is 10.6 Å². The van der Waals surface area contributed by atoms with Gasteiger partial charge in [-0.05, 0) is 17.7 Å². The fourth-order valence-corrected chi connectivity index (χ4v) is 1.98. The van der Waals surface area contributed by atoms with Gasteiger partial charge in [0.2, 0.25) is 0 Å². The molecule has 0 heterocycles. The number of rotatable bonds is 5. The first-order chi connectivity index (χ1) is 10.2. The Kier molecular flexibility index (Phi) is 5.17. The number of para-hydroxylation sites is 2. The van der Waals surface area contributed by atoms with Crippen LogP contribution in [0, 0.1) is 0 Å². The van der Waals surface area contributed by atoms with E-state index in [1.807, 2.05) is 36.4 Å². The minimum atomic E-state index is -0.457. The fraction of sp³-hybridized carbons (Fsp3) is 0.188. The Morgan fingerprint density at radius 3 is 2.48 bits per heavy atom. The van der Waals surface area contributed by atoms with Crippen molar-refractivity contribution >= 4 is 11.7 Å². The Morgan fingerprint density at radius 1 is 1.14 bits per heavy atom. The van der Waals surface area contributed by atoms with E-state index in [4.69, 9.17) is 4.74 Å². The SMILES string of the molecule is COc1ccccc1NC(=O)N[C@@H](CO)c1ccccc1. The summed E-state index contributed by atoms with van der Waals surface area (Å²) in [7, 11) is 1.54. The summed E-state index contributed by atoms with van der Waals surface area (Å²) in [5.74, 6) is 0.577. The van der Waals surface area contributed by atoms with Crippen molar-refractivity contribution in [1.82, 2.24) is 5.32 Å². The number of ether oxygens (including phenoxy) is 1. The van der Waals surface area contributed by atoms with Crippen LogP contribution < -0.4 is 15.4 Å². The Balaban J connectivity index is 2.03. The average Bonchev–Trinajstić information content (AvgIpc) is 2.54. The van der Waals surface area contributed by atoms with Crippen LogP contribution in [-0.2, 0) is 0 Å². The molecule has 1 atom stereocenters. The average molecular weight is 286 g/mol. The molecule has 0 aliphatic heterocycles. The van der Waals surface area contributed by atoms with Crippen LogP contribution >= 0.6 is 0 Å². The van der Waals surface area contributed by atoms with Gasteiger partial charge in [-0.2, -0.15) is 0 Å². The van der Waals surface area contributed by atoms with E-state index >= 15 is 0 Å². The highest BCUT2D eigenvalue weighted by Gasteiger charge is 2.14. The van der Waals surface area contributed by atoms with Gasteiger partial charge in [0.05, 0.1) is 25.4 Å². The van der Waals surface area contributed by atoms with Gasteiger partial charge < -0.3 is 20.5 Å². The topological polar surface area (TPSA) is 70.6 Å². The highest BCUT2D eigenvalue weighted by Crippen LogP contribution is 2.23. The molecule has 0 aromatic heterocycles. The molecule has 21 heavy (non-hydrogen) atoms. The van der Waals surface area contributed by atoms with E-state index in [1.165, 1.54) is 0 Å². The number of aliphatic hydroxyl groups is 1. The first-order valence-electron chi connectivity index (χ1n) is 6.61. The van der Waals surface area contributed by atoms with E-state index in [0.29, 0.717) is 11.4 Å². The second kappa shape index (κ2) is 7.31. The number of benzene rings is 2. The number of hydrogen-bond donors (Lipinski definition) is 3. The van der Waals surface area contributed by atoms with Crippen LogP contribution in [0.2, 0.25) is 0 Å². The lowest BCUT2D eigenvalue weighted by Crippen LogP contribution is -2.34. The molecule has 2 amide bonds. The highest BCUT2D eigenvalue weighted by molar-refractivity contribution is 5.91. The smallest absolute Gasteiger partial charge is 0.319 e. The molecular weight excluding hydrogens is 268 g/mol. The molecule has 3 N–H and O–H groups in total. The molecule has 2 rings (SSSR count). The third-order valence-electron chi connectivity index (χ3n) is 3.05. The van der Waals surface area contributed by atoms with Gasteiger partial charge in [0.25, 0.3) is 0 Å². The number of hydrogen-bond acceptors (Lipinski definition) is 3. The van der Waals surface area contributed by atoms with Crippen molar-refractivity contribution in [3.63, 3.8) is 0 Å². The number of carbonyl (C=O) groups excluding carboxylic acids is 1. The molecule has 5 heteroatoms. The van der Waals surface area contributed by atoms with Crippen molar-refractivity contribution in [1.29, 1.82) is 0 Å². The normalized spacial score (nSPS) is 11.5. The second-order valence-corrected chi connectivity index (χ2v) is 4.44. The molecule has 110 valence electrons. The first kappa shape index (κ1) is 14.9. The summed E-state index contributed by atoms with van der Waals surface area (Å²) in [5, 5.41) is 14.9. The van der Waals surface area contributed by atoms with Gasteiger partial charge in [-0.1, -0.05) is 42.5 Å². The van der Waals surface area contributed by atoms with E-state index in [9.17, 15) is 9.90 Å². The Bertz CT molecular complexity index is 587. The zero-order chi connectivity index (χ0) is 15.1. The summed E-state index contributed by atoms with van der Waals surface area (Å²) in [5.41, 5.74) is 1.41. The summed E-state index contributed by atoms with van der Waals surface area (Å²) >= 11 is 0. The molecule has 0 aliphatic carbocycles. The lowest BCUT2D eigenvalue weighted by molar-refractivity contribution is 0.225. The standard InChI is InChI=1S/C16H18N2O3/c1-21-15-10-6-5-9-13(15)17-16(20)18-14(11-19)12-7-3-2-4-8-12/h2-10,14,19H,11H2,1H3,(H2,17,18,20)/t14-/m0/s1. The minimum Gasteiger partial charge on any atom is -0.495 e. The van der Waals surface area contributed by atoms with Gasteiger partial charge in [-0.15, -0.1) is 0 Å². The van der Waals surface area contributed by atoms with Crippen LogP contribution in [0.25, 0.3) is 0 Å². The molecule has 2 aromatic rings. The van der Waals surface area contributed by atoms with Crippen LogP contribution in [0.3, 0.4) is 0 Å². The minimum absolute atomic E-state index is 0.177. The van der Waals surface area contributed by atoms with Gasteiger partial charge in [-0.25, -0.2) is 4.79 Å². The van der Waals surface area contributed by atoms with Crippen molar-refractivity contribution in [2.24, 2.45) is 0 Å². The monoisotopic (exact) mass is 286 g/mol. The first-order valence-corrected chi connectivity index (χ1v) is 6.61. The van der Waals surface area contributed by atoms with Gasteiger partial charge in [0, 0.05) is 0 Å². The Labute approximate surface area is 123 Å². The maximum Gasteiger partial charge on any atom is 0.319 e. The van der Waals surface area contributed by atoms with E-state index in [-0.39, 0.29) is 6.61 Å². The van der Waals surface area contributed by atoms with Crippen LogP contribution in [-0.4, -0.2) is 24.9 Å². The van der Waals surface area contributed by atoms with Crippen molar-refractivity contribution in [2.45, 2.75) is 6.04 Å². The number of anilines is 1. The molecule has 0 spiro atoms. The zero-order valence-corrected chi connectivity index (χ0v) is 11.7. The molecule has 0 radical (unpaired) electrons. The van der Waals surface area contributed by atoms with Crippen molar-refractivity contribution < 1.29 is 14.6 Å². The molecule has 0 saturated heterocycles. The number of urea groups is 1. The summed E-state index contributed by atoms with van der Waals surface area (Å²) in [6.07, 6.45) is 0. The lowest BCUT2D eigenvalue weighted by atomic mass is 10.1. The Hall–Kier alpha value is -2.53. The second-order valence-electron chi connectivity index (χ2n) is 4.44. The van der Waals surface area contributed by atoms with Crippen LogP contribution in [0.4, 0.5) is 10.5 Å². The quantitative estimate of drug-likeness (QED) is 0.791. The fourth-order valence-electron chi connectivity index (χ4n) is 1.98. The van der Waals surface area contributed by atoms with Gasteiger partial charge in [0.1, 0.15) is 5.75 Å². The summed E-state index contributed by atoms with van der Waals surface area (Å²) in [6, 6.07) is 15.6. The van der Waals surface area contributed by atoms with Crippen molar-refractivity contribution in [3.8, 4) is 5.75 Å². The molecular formula is C16H18N2O3. The van der Waals surface area contributed by atoms with Crippen LogP contribution in [0.5, 0.6) is 5.75 Å². The predicted molar refractivity (Wildman–Crippen MR) is 81.4 cm³/mol. The molecule has 2 aromatic carbocycles. The molecule has 0 unspecified atom stereocenters. The number of nitrogens with one attached hydrogen (secondary N) is 2. The zero-order valence-electron chi connectivity index (χ0n) is 11.7. The molecule has 0 fully saturated rings. The van der Waals surface area contributed by atoms with E-state index in [1.54, 1.807) is 25.3 Å². The molecule has 0 bridgehead atoms. The number of aliphatic hydroxyl groups excluding tert-OH is 1. The number of methoxy groups -OCH3 is 1. The molecule has 0 aliphatic rings. The van der Waals surface area contributed by atoms with Gasteiger partial charge in [-0.3, -0.25) is 0 Å². The third-order valence-corrected chi connectivity index (χ3v) is 3.05. The summed E-state index contributed by atoms with van der Waals surface area (Å²) in [4.78, 5) is 12.0. The lowest BCUT2D eigenvalue weighted by Gasteiger charge is -2.18. The predicted octanol–water partition coefficient (Wildman–Crippen LogP) is 2.55. The van der Waals surface area contributed by atoms with Gasteiger partial charge >= 0.3 is 6.03 Å². The molecule has 0 saturated carbocycles. The van der Waals surface area contributed by atoms with Crippen LogP contribution in [0.15, 0.2) is 54.6 Å². The Morgan fingerprint density at radius 2 is 1.81 bits per heavy atom. The molecule has 5 nitrogen and oxygen atoms in total. The maximum atomic E-state index is 12.0.